The van der Waals surface area contributed by atoms with Gasteiger partial charge < -0.3 is 5.32 Å². The van der Waals surface area contributed by atoms with Gasteiger partial charge >= 0.3 is 11.4 Å². The van der Waals surface area contributed by atoms with Gasteiger partial charge in [-0.15, -0.1) is 0 Å². The van der Waals surface area contributed by atoms with Crippen LogP contribution in [0.15, 0.2) is 33.9 Å². The second-order valence-electron chi connectivity index (χ2n) is 3.65. The number of nitrogens with one attached hydrogen (secondary N) is 3. The summed E-state index contributed by atoms with van der Waals surface area (Å²) in [6, 6.07) is 7.30. The van der Waals surface area contributed by atoms with Gasteiger partial charge in [0.25, 0.3) is 0 Å². The van der Waals surface area contributed by atoms with E-state index in [0.29, 0.717) is 12.2 Å². The van der Waals surface area contributed by atoms with Crippen molar-refractivity contribution in [2.24, 2.45) is 0 Å². The monoisotopic (exact) mass is 234 g/mol. The van der Waals surface area contributed by atoms with Gasteiger partial charge in [0.1, 0.15) is 0 Å². The number of benzene rings is 1. The van der Waals surface area contributed by atoms with E-state index in [9.17, 15) is 9.59 Å². The molecule has 0 unspecified atom stereocenters. The van der Waals surface area contributed by atoms with Crippen LogP contribution in [-0.4, -0.2) is 21.3 Å². The summed E-state index contributed by atoms with van der Waals surface area (Å²) in [6.07, 6.45) is 0. The Morgan fingerprint density at radius 1 is 1.24 bits per heavy atom. The number of nitrogens with zero attached hydrogens (tertiary/aromatic N) is 1. The summed E-state index contributed by atoms with van der Waals surface area (Å²) in [7, 11) is 0. The Balaban J connectivity index is 2.40. The van der Waals surface area contributed by atoms with Crippen molar-refractivity contribution >= 4 is 0 Å². The van der Waals surface area contributed by atoms with Crippen molar-refractivity contribution in [3.05, 3.63) is 50.8 Å². The molecule has 0 saturated heterocycles. The fraction of sp³-hybridized carbons (Fsp3) is 0.273. The first-order valence-corrected chi connectivity index (χ1v) is 5.42. The summed E-state index contributed by atoms with van der Waals surface area (Å²) < 4.78 is 1.06. The Morgan fingerprint density at radius 2 is 1.94 bits per heavy atom. The Kier molecular flexibility index (Phi) is 3.24. The lowest BCUT2D eigenvalue weighted by Crippen LogP contribution is -2.24. The molecule has 0 saturated carbocycles. The second kappa shape index (κ2) is 4.84. The van der Waals surface area contributed by atoms with Crippen LogP contribution in [-0.2, 0) is 6.54 Å². The summed E-state index contributed by atoms with van der Waals surface area (Å²) in [6.45, 7) is 3.60. The average Bonchev–Trinajstić information content (AvgIpc) is 2.67. The van der Waals surface area contributed by atoms with E-state index in [1.807, 2.05) is 25.1 Å². The number of aromatic nitrogens is 3. The van der Waals surface area contributed by atoms with E-state index >= 15 is 0 Å². The fourth-order valence-electron chi connectivity index (χ4n) is 1.62. The Morgan fingerprint density at radius 3 is 2.59 bits per heavy atom. The van der Waals surface area contributed by atoms with Gasteiger partial charge in [-0.3, -0.25) is 0 Å². The van der Waals surface area contributed by atoms with Gasteiger partial charge in [-0.25, -0.2) is 24.4 Å². The second-order valence-corrected chi connectivity index (χ2v) is 3.65. The molecule has 0 atom stereocenters. The highest BCUT2D eigenvalue weighted by Crippen LogP contribution is 2.06. The maximum atomic E-state index is 11.4. The van der Waals surface area contributed by atoms with Crippen LogP contribution >= 0.6 is 0 Å². The number of aromatic amines is 2. The van der Waals surface area contributed by atoms with Crippen LogP contribution in [0.4, 0.5) is 0 Å². The summed E-state index contributed by atoms with van der Waals surface area (Å²) in [4.78, 5) is 22.9. The predicted octanol–water partition coefficient (Wildman–Crippen LogP) is -0.0366. The highest BCUT2D eigenvalue weighted by Gasteiger charge is 2.05. The standard InChI is InChI=1S/C11H14N4O2/c1-2-12-7-8-4-3-5-9(6-8)15-10(16)13-14-11(15)17/h3-6,12H,2,7H2,1H3,(H,13,16)(H,14,17). The van der Waals surface area contributed by atoms with Gasteiger partial charge in [-0.2, -0.15) is 0 Å². The normalized spacial score (nSPS) is 10.6. The number of H-pyrrole nitrogens is 2. The van der Waals surface area contributed by atoms with Crippen LogP contribution in [0.2, 0.25) is 0 Å². The summed E-state index contributed by atoms with van der Waals surface area (Å²) in [5.74, 6) is 0. The Bertz CT molecular complexity index is 581. The van der Waals surface area contributed by atoms with Crippen LogP contribution in [0.5, 0.6) is 0 Å². The van der Waals surface area contributed by atoms with E-state index in [2.05, 4.69) is 15.5 Å². The van der Waals surface area contributed by atoms with Crippen LogP contribution in [0.1, 0.15) is 12.5 Å². The lowest BCUT2D eigenvalue weighted by molar-refractivity contribution is 0.726. The molecular weight excluding hydrogens is 220 g/mol. The molecule has 2 rings (SSSR count). The summed E-state index contributed by atoms with van der Waals surface area (Å²) >= 11 is 0. The summed E-state index contributed by atoms with van der Waals surface area (Å²) in [5.41, 5.74) is 0.663. The molecule has 17 heavy (non-hydrogen) atoms. The van der Waals surface area contributed by atoms with E-state index in [-0.39, 0.29) is 0 Å². The van der Waals surface area contributed by atoms with E-state index < -0.39 is 11.4 Å². The van der Waals surface area contributed by atoms with Crippen molar-refractivity contribution in [1.82, 2.24) is 20.1 Å². The molecule has 0 fully saturated rings. The topological polar surface area (TPSA) is 82.7 Å². The van der Waals surface area contributed by atoms with E-state index in [1.165, 1.54) is 0 Å². The van der Waals surface area contributed by atoms with Gasteiger partial charge in [-0.05, 0) is 24.2 Å². The Hall–Kier alpha value is -2.08. The zero-order valence-corrected chi connectivity index (χ0v) is 9.49. The van der Waals surface area contributed by atoms with Crippen molar-refractivity contribution in [2.75, 3.05) is 6.54 Å². The molecule has 1 aromatic carbocycles. The molecule has 3 N–H and O–H groups in total. The zero-order chi connectivity index (χ0) is 12.3. The molecule has 0 aliphatic heterocycles. The van der Waals surface area contributed by atoms with Crippen molar-refractivity contribution in [3.63, 3.8) is 0 Å². The first-order valence-electron chi connectivity index (χ1n) is 5.42. The molecule has 6 heteroatoms. The van der Waals surface area contributed by atoms with Crippen molar-refractivity contribution < 1.29 is 0 Å². The molecule has 0 bridgehead atoms. The minimum atomic E-state index is -0.462. The van der Waals surface area contributed by atoms with Gasteiger partial charge in [0.15, 0.2) is 0 Å². The minimum absolute atomic E-state index is 0.462. The van der Waals surface area contributed by atoms with E-state index in [4.69, 9.17) is 0 Å². The number of hydrogen-bond acceptors (Lipinski definition) is 3. The number of hydrogen-bond donors (Lipinski definition) is 3. The largest absolute Gasteiger partial charge is 0.348 e. The number of rotatable bonds is 4. The van der Waals surface area contributed by atoms with Crippen molar-refractivity contribution in [2.45, 2.75) is 13.5 Å². The molecule has 1 aromatic heterocycles. The van der Waals surface area contributed by atoms with Crippen molar-refractivity contribution in [3.8, 4) is 5.69 Å². The third-order valence-corrected chi connectivity index (χ3v) is 2.43. The predicted molar refractivity (Wildman–Crippen MR) is 64.4 cm³/mol. The smallest absolute Gasteiger partial charge is 0.313 e. The van der Waals surface area contributed by atoms with Crippen LogP contribution in [0.25, 0.3) is 5.69 Å². The van der Waals surface area contributed by atoms with E-state index in [1.54, 1.807) is 6.07 Å². The molecule has 0 spiro atoms. The maximum Gasteiger partial charge on any atom is 0.348 e. The minimum Gasteiger partial charge on any atom is -0.313 e. The fourth-order valence-corrected chi connectivity index (χ4v) is 1.62. The molecule has 0 amide bonds. The van der Waals surface area contributed by atoms with Gasteiger partial charge in [-0.1, -0.05) is 19.1 Å². The molecule has 2 aromatic rings. The highest BCUT2D eigenvalue weighted by molar-refractivity contribution is 5.35. The van der Waals surface area contributed by atoms with E-state index in [0.717, 1.165) is 16.7 Å². The molecule has 0 radical (unpaired) electrons. The molecule has 0 aliphatic rings. The van der Waals surface area contributed by atoms with Gasteiger partial charge in [0, 0.05) is 6.54 Å². The third kappa shape index (κ3) is 2.36. The average molecular weight is 234 g/mol. The SMILES string of the molecule is CCNCc1cccc(-n2c(=O)[nH][nH]c2=O)c1. The summed E-state index contributed by atoms with van der Waals surface area (Å²) in [5, 5.41) is 7.69. The molecule has 6 nitrogen and oxygen atoms in total. The lowest BCUT2D eigenvalue weighted by atomic mass is 10.2. The van der Waals surface area contributed by atoms with Crippen LogP contribution in [0, 0.1) is 0 Å². The third-order valence-electron chi connectivity index (χ3n) is 2.43. The molecule has 90 valence electrons. The van der Waals surface area contributed by atoms with Crippen molar-refractivity contribution in [1.29, 1.82) is 0 Å². The Labute approximate surface area is 97.3 Å². The maximum absolute atomic E-state index is 11.4. The quantitative estimate of drug-likeness (QED) is 0.694. The molecular formula is C11H14N4O2. The molecule has 1 heterocycles. The van der Waals surface area contributed by atoms with Crippen LogP contribution < -0.4 is 16.7 Å². The zero-order valence-electron chi connectivity index (χ0n) is 9.49. The van der Waals surface area contributed by atoms with Gasteiger partial charge in [0.2, 0.25) is 0 Å². The van der Waals surface area contributed by atoms with Crippen LogP contribution in [0.3, 0.4) is 0 Å². The highest BCUT2D eigenvalue weighted by atomic mass is 16.2. The van der Waals surface area contributed by atoms with Gasteiger partial charge in [0.05, 0.1) is 5.69 Å². The molecule has 0 aliphatic carbocycles. The first-order chi connectivity index (χ1) is 8.22. The lowest BCUT2D eigenvalue weighted by Gasteiger charge is -2.04. The first kappa shape index (κ1) is 11.4.